The van der Waals surface area contributed by atoms with Crippen LogP contribution in [0.3, 0.4) is 0 Å². The Morgan fingerprint density at radius 3 is 1.70 bits per heavy atom. The maximum absolute atomic E-state index is 13.4. The van der Waals surface area contributed by atoms with Crippen molar-refractivity contribution in [2.45, 2.75) is 50.6 Å². The standard InChI is InChI=1S/C9H11F9O2/c1-3-5(2)19-9(17,18)7(13,8(14,15)16)20-6(11,12)4-10/h5H,3-4H2,1-2H3. The van der Waals surface area contributed by atoms with Gasteiger partial charge in [0, 0.05) is 0 Å². The van der Waals surface area contributed by atoms with Crippen molar-refractivity contribution in [3.63, 3.8) is 0 Å². The maximum Gasteiger partial charge on any atom is 0.458 e. The SMILES string of the molecule is CCC(C)OC(F)(F)C(F)(OC(F)(F)CF)C(F)(F)F. The molecular weight excluding hydrogens is 311 g/mol. The lowest BCUT2D eigenvalue weighted by Gasteiger charge is -2.36. The van der Waals surface area contributed by atoms with E-state index < -0.39 is 37.0 Å². The Hall–Kier alpha value is -0.710. The van der Waals surface area contributed by atoms with Crippen LogP contribution in [0.2, 0.25) is 0 Å². The first kappa shape index (κ1) is 19.3. The third kappa shape index (κ3) is 4.14. The second-order valence-electron chi connectivity index (χ2n) is 3.82. The normalized spacial score (nSPS) is 18.8. The summed E-state index contributed by atoms with van der Waals surface area (Å²) in [6.07, 6.45) is -19.6. The molecule has 0 aliphatic carbocycles. The molecule has 0 amide bonds. The molecule has 0 spiro atoms. The van der Waals surface area contributed by atoms with Crippen LogP contribution in [0.5, 0.6) is 0 Å². The molecule has 0 saturated heterocycles. The van der Waals surface area contributed by atoms with E-state index in [1.165, 1.54) is 6.92 Å². The molecule has 122 valence electrons. The minimum atomic E-state index is -6.58. The number of ether oxygens (including phenoxy) is 2. The quantitative estimate of drug-likeness (QED) is 0.654. The van der Waals surface area contributed by atoms with E-state index in [0.717, 1.165) is 6.92 Å². The molecule has 0 aromatic rings. The summed E-state index contributed by atoms with van der Waals surface area (Å²) in [5, 5.41) is 0. The van der Waals surface area contributed by atoms with E-state index in [9.17, 15) is 39.5 Å². The fraction of sp³-hybridized carbons (Fsp3) is 1.00. The van der Waals surface area contributed by atoms with Gasteiger partial charge < -0.3 is 4.74 Å². The van der Waals surface area contributed by atoms with Gasteiger partial charge in [-0.05, 0) is 13.3 Å². The maximum atomic E-state index is 13.4. The summed E-state index contributed by atoms with van der Waals surface area (Å²) < 4.78 is 119. The van der Waals surface area contributed by atoms with Gasteiger partial charge in [0.15, 0.2) is 6.67 Å². The highest BCUT2D eigenvalue weighted by atomic mass is 19.4. The van der Waals surface area contributed by atoms with E-state index in [1.54, 1.807) is 0 Å². The number of rotatable bonds is 7. The monoisotopic (exact) mass is 322 g/mol. The topological polar surface area (TPSA) is 18.5 Å². The van der Waals surface area contributed by atoms with Crippen LogP contribution in [0.4, 0.5) is 39.5 Å². The van der Waals surface area contributed by atoms with Crippen LogP contribution in [-0.4, -0.2) is 37.0 Å². The van der Waals surface area contributed by atoms with Gasteiger partial charge in [0.2, 0.25) is 0 Å². The first-order valence-electron chi connectivity index (χ1n) is 5.17. The highest BCUT2D eigenvalue weighted by Gasteiger charge is 2.77. The molecule has 0 aliphatic heterocycles. The molecule has 20 heavy (non-hydrogen) atoms. The van der Waals surface area contributed by atoms with E-state index in [4.69, 9.17) is 0 Å². The zero-order chi connectivity index (χ0) is 16.4. The van der Waals surface area contributed by atoms with E-state index >= 15 is 0 Å². The summed E-state index contributed by atoms with van der Waals surface area (Å²) in [6, 6.07) is 0. The Balaban J connectivity index is 5.55. The zero-order valence-electron chi connectivity index (χ0n) is 10.2. The summed E-state index contributed by atoms with van der Waals surface area (Å²) in [5.41, 5.74) is 0. The van der Waals surface area contributed by atoms with Gasteiger partial charge in [-0.3, -0.25) is 4.74 Å². The molecule has 0 aromatic heterocycles. The van der Waals surface area contributed by atoms with Gasteiger partial charge in [-0.2, -0.15) is 35.1 Å². The van der Waals surface area contributed by atoms with Crippen molar-refractivity contribution in [1.29, 1.82) is 0 Å². The Bertz CT molecular complexity index is 317. The molecule has 2 unspecified atom stereocenters. The van der Waals surface area contributed by atoms with E-state index in [0.29, 0.717) is 0 Å². The summed E-state index contributed by atoms with van der Waals surface area (Å²) in [7, 11) is 0. The molecule has 0 fully saturated rings. The van der Waals surface area contributed by atoms with Crippen molar-refractivity contribution in [3.05, 3.63) is 0 Å². The highest BCUT2D eigenvalue weighted by Crippen LogP contribution is 2.49. The minimum Gasteiger partial charge on any atom is -0.313 e. The van der Waals surface area contributed by atoms with Crippen molar-refractivity contribution in [2.24, 2.45) is 0 Å². The van der Waals surface area contributed by atoms with Crippen molar-refractivity contribution in [2.75, 3.05) is 6.67 Å². The lowest BCUT2D eigenvalue weighted by Crippen LogP contribution is -2.61. The highest BCUT2D eigenvalue weighted by molar-refractivity contribution is 4.88. The van der Waals surface area contributed by atoms with Crippen LogP contribution in [0.25, 0.3) is 0 Å². The summed E-state index contributed by atoms with van der Waals surface area (Å²) in [5.74, 6) is -6.20. The van der Waals surface area contributed by atoms with Gasteiger partial charge in [0.05, 0.1) is 6.10 Å². The number of hydrogen-bond acceptors (Lipinski definition) is 2. The third-order valence-corrected chi connectivity index (χ3v) is 2.11. The van der Waals surface area contributed by atoms with Crippen LogP contribution in [-0.2, 0) is 9.47 Å². The smallest absolute Gasteiger partial charge is 0.313 e. The number of hydrogen-bond donors (Lipinski definition) is 0. The first-order valence-corrected chi connectivity index (χ1v) is 5.17. The van der Waals surface area contributed by atoms with Crippen molar-refractivity contribution in [1.82, 2.24) is 0 Å². The predicted octanol–water partition coefficient (Wildman–Crippen LogP) is 4.20. The van der Waals surface area contributed by atoms with Gasteiger partial charge in [-0.25, -0.2) is 4.39 Å². The molecule has 0 aliphatic rings. The van der Waals surface area contributed by atoms with Crippen LogP contribution in [0.15, 0.2) is 0 Å². The van der Waals surface area contributed by atoms with Crippen molar-refractivity contribution in [3.8, 4) is 0 Å². The lowest BCUT2D eigenvalue weighted by molar-refractivity contribution is -0.504. The fourth-order valence-corrected chi connectivity index (χ4v) is 0.927. The number of alkyl halides is 9. The van der Waals surface area contributed by atoms with E-state index in [1.807, 2.05) is 0 Å². The van der Waals surface area contributed by atoms with Gasteiger partial charge in [-0.1, -0.05) is 6.92 Å². The largest absolute Gasteiger partial charge is 0.458 e. The molecule has 0 bridgehead atoms. The Labute approximate surface area is 107 Å². The van der Waals surface area contributed by atoms with Gasteiger partial charge in [0.25, 0.3) is 0 Å². The molecule has 0 rings (SSSR count). The van der Waals surface area contributed by atoms with Gasteiger partial charge in [0.1, 0.15) is 0 Å². The molecule has 11 heteroatoms. The molecule has 2 nitrogen and oxygen atoms in total. The molecule has 0 N–H and O–H groups in total. The Morgan fingerprint density at radius 2 is 1.40 bits per heavy atom. The van der Waals surface area contributed by atoms with E-state index in [-0.39, 0.29) is 6.42 Å². The molecule has 0 saturated carbocycles. The minimum absolute atomic E-state index is 0.261. The average molecular weight is 322 g/mol. The number of halogens is 9. The van der Waals surface area contributed by atoms with Gasteiger partial charge in [-0.15, -0.1) is 0 Å². The fourth-order valence-electron chi connectivity index (χ4n) is 0.927. The van der Waals surface area contributed by atoms with Gasteiger partial charge >= 0.3 is 24.2 Å². The summed E-state index contributed by atoms with van der Waals surface area (Å²) >= 11 is 0. The predicted molar refractivity (Wildman–Crippen MR) is 47.7 cm³/mol. The summed E-state index contributed by atoms with van der Waals surface area (Å²) in [4.78, 5) is 0. The first-order chi connectivity index (χ1) is 8.72. The molecule has 2 atom stereocenters. The average Bonchev–Trinajstić information content (AvgIpc) is 2.26. The van der Waals surface area contributed by atoms with Crippen molar-refractivity contribution >= 4 is 0 Å². The molecular formula is C9H11F9O2. The zero-order valence-corrected chi connectivity index (χ0v) is 10.2. The Kier molecular flexibility index (Phi) is 5.75. The van der Waals surface area contributed by atoms with Crippen LogP contribution in [0, 0.1) is 0 Å². The van der Waals surface area contributed by atoms with Crippen LogP contribution >= 0.6 is 0 Å². The van der Waals surface area contributed by atoms with Crippen molar-refractivity contribution < 1.29 is 49.0 Å². The van der Waals surface area contributed by atoms with Crippen LogP contribution < -0.4 is 0 Å². The summed E-state index contributed by atoms with van der Waals surface area (Å²) in [6.45, 7) is -0.850. The molecule has 0 aromatic carbocycles. The lowest BCUT2D eigenvalue weighted by atomic mass is 10.2. The molecule has 0 heterocycles. The van der Waals surface area contributed by atoms with E-state index in [2.05, 4.69) is 9.47 Å². The third-order valence-electron chi connectivity index (χ3n) is 2.11. The van der Waals surface area contributed by atoms with Crippen LogP contribution in [0.1, 0.15) is 20.3 Å². The second-order valence-corrected chi connectivity index (χ2v) is 3.82. The second kappa shape index (κ2) is 5.96. The molecule has 0 radical (unpaired) electrons. The Morgan fingerprint density at radius 1 is 0.950 bits per heavy atom.